The Morgan fingerprint density at radius 2 is 2.25 bits per heavy atom. The molecule has 1 N–H and O–H groups in total. The number of nitrogens with one attached hydrogen (secondary N) is 1. The summed E-state index contributed by atoms with van der Waals surface area (Å²) in [7, 11) is 0. The fourth-order valence-electron chi connectivity index (χ4n) is 1.60. The Morgan fingerprint density at radius 3 is 2.94 bits per heavy atom. The summed E-state index contributed by atoms with van der Waals surface area (Å²) in [6, 6.07) is 6.52. The summed E-state index contributed by atoms with van der Waals surface area (Å²) in [5, 5.41) is 3.82. The van der Waals surface area contributed by atoms with Crippen molar-refractivity contribution in [3.63, 3.8) is 0 Å². The number of aromatic amines is 1. The molecule has 3 aromatic rings. The second kappa shape index (κ2) is 3.16. The Morgan fingerprint density at radius 1 is 1.38 bits per heavy atom. The summed E-state index contributed by atoms with van der Waals surface area (Å²) in [5.74, 6) is 0.855. The van der Waals surface area contributed by atoms with Gasteiger partial charge >= 0.3 is 0 Å². The van der Waals surface area contributed by atoms with Gasteiger partial charge in [0, 0.05) is 6.07 Å². The van der Waals surface area contributed by atoms with Crippen molar-refractivity contribution < 1.29 is 8.91 Å². The van der Waals surface area contributed by atoms with Gasteiger partial charge in [-0.15, -0.1) is 0 Å². The Hall–Kier alpha value is -2.17. The fourth-order valence-corrected chi connectivity index (χ4v) is 1.60. The number of hydrogen-bond donors (Lipinski definition) is 1. The minimum Gasteiger partial charge on any atom is -0.361 e. The summed E-state index contributed by atoms with van der Waals surface area (Å²) in [6.45, 7) is 1.79. The van der Waals surface area contributed by atoms with Crippen molar-refractivity contribution in [2.75, 3.05) is 0 Å². The highest BCUT2D eigenvalue weighted by Gasteiger charge is 2.11. The Kier molecular flexibility index (Phi) is 1.80. The van der Waals surface area contributed by atoms with Gasteiger partial charge in [-0.1, -0.05) is 11.2 Å². The van der Waals surface area contributed by atoms with Crippen LogP contribution in [0.15, 0.2) is 28.8 Å². The van der Waals surface area contributed by atoms with E-state index in [2.05, 4.69) is 15.1 Å². The van der Waals surface area contributed by atoms with Crippen LogP contribution in [0.25, 0.3) is 22.6 Å². The normalized spacial score (nSPS) is 11.1. The molecule has 0 bridgehead atoms. The van der Waals surface area contributed by atoms with Gasteiger partial charge in [0.1, 0.15) is 17.0 Å². The third kappa shape index (κ3) is 1.29. The molecule has 80 valence electrons. The second-order valence-corrected chi connectivity index (χ2v) is 3.54. The molecule has 2 heterocycles. The number of H-pyrrole nitrogens is 1. The maximum atomic E-state index is 13.4. The molecular formula is C11H8FN3O. The van der Waals surface area contributed by atoms with E-state index >= 15 is 0 Å². The van der Waals surface area contributed by atoms with Gasteiger partial charge in [-0.05, 0) is 19.1 Å². The van der Waals surface area contributed by atoms with Crippen LogP contribution in [0, 0.1) is 12.7 Å². The number of imidazole rings is 1. The van der Waals surface area contributed by atoms with E-state index in [0.717, 1.165) is 0 Å². The highest BCUT2D eigenvalue weighted by molar-refractivity contribution is 5.79. The fraction of sp³-hybridized carbons (Fsp3) is 0.0909. The van der Waals surface area contributed by atoms with Gasteiger partial charge in [-0.3, -0.25) is 0 Å². The van der Waals surface area contributed by atoms with Crippen molar-refractivity contribution in [2.45, 2.75) is 6.92 Å². The predicted octanol–water partition coefficient (Wildman–Crippen LogP) is 2.67. The summed E-state index contributed by atoms with van der Waals surface area (Å²) >= 11 is 0. The molecule has 0 saturated carbocycles. The average molecular weight is 217 g/mol. The molecule has 0 aliphatic carbocycles. The van der Waals surface area contributed by atoms with Crippen molar-refractivity contribution in [1.82, 2.24) is 15.1 Å². The molecule has 0 aliphatic heterocycles. The number of aromatic nitrogens is 3. The molecule has 2 aromatic heterocycles. The van der Waals surface area contributed by atoms with Gasteiger partial charge in [0.05, 0.1) is 5.52 Å². The topological polar surface area (TPSA) is 54.7 Å². The van der Waals surface area contributed by atoms with E-state index in [1.807, 2.05) is 0 Å². The maximum absolute atomic E-state index is 13.4. The highest BCUT2D eigenvalue weighted by Crippen LogP contribution is 2.21. The Bertz CT molecular complexity index is 656. The van der Waals surface area contributed by atoms with Gasteiger partial charge < -0.3 is 9.51 Å². The molecule has 16 heavy (non-hydrogen) atoms. The molecule has 0 amide bonds. The van der Waals surface area contributed by atoms with Gasteiger partial charge in [0.25, 0.3) is 0 Å². The first kappa shape index (κ1) is 9.08. The molecule has 0 aliphatic rings. The molecule has 0 saturated heterocycles. The van der Waals surface area contributed by atoms with E-state index in [1.54, 1.807) is 25.1 Å². The summed E-state index contributed by atoms with van der Waals surface area (Å²) < 4.78 is 18.3. The van der Waals surface area contributed by atoms with E-state index in [1.165, 1.54) is 6.07 Å². The first-order valence-corrected chi connectivity index (χ1v) is 4.82. The first-order valence-electron chi connectivity index (χ1n) is 4.82. The number of aryl methyl sites for hydroxylation is 1. The van der Waals surface area contributed by atoms with Crippen LogP contribution in [-0.2, 0) is 0 Å². The quantitative estimate of drug-likeness (QED) is 0.681. The van der Waals surface area contributed by atoms with Gasteiger partial charge in [-0.25, -0.2) is 9.37 Å². The SMILES string of the molecule is Cc1cc(-c2nc3c(F)cccc3[nH]2)no1. The standard InChI is InChI=1S/C11H8FN3O/c1-6-5-9(15-16-6)11-13-8-4-2-3-7(12)10(8)14-11/h2-5H,1H3,(H,13,14). The van der Waals surface area contributed by atoms with E-state index in [-0.39, 0.29) is 5.82 Å². The second-order valence-electron chi connectivity index (χ2n) is 3.54. The molecule has 4 nitrogen and oxygen atoms in total. The maximum Gasteiger partial charge on any atom is 0.160 e. The van der Waals surface area contributed by atoms with Crippen molar-refractivity contribution in [3.05, 3.63) is 35.8 Å². The lowest BCUT2D eigenvalue weighted by molar-refractivity contribution is 0.399. The van der Waals surface area contributed by atoms with Crippen LogP contribution in [0.5, 0.6) is 0 Å². The van der Waals surface area contributed by atoms with Crippen LogP contribution in [0.1, 0.15) is 5.76 Å². The van der Waals surface area contributed by atoms with E-state index in [9.17, 15) is 4.39 Å². The van der Waals surface area contributed by atoms with Crippen molar-refractivity contribution in [1.29, 1.82) is 0 Å². The zero-order valence-electron chi connectivity index (χ0n) is 8.49. The van der Waals surface area contributed by atoms with Crippen LogP contribution < -0.4 is 0 Å². The molecular weight excluding hydrogens is 209 g/mol. The molecule has 0 spiro atoms. The number of para-hydroxylation sites is 1. The lowest BCUT2D eigenvalue weighted by atomic mass is 10.3. The summed E-state index contributed by atoms with van der Waals surface area (Å²) in [4.78, 5) is 7.14. The number of halogens is 1. The monoisotopic (exact) mass is 217 g/mol. The molecule has 5 heteroatoms. The average Bonchev–Trinajstić information content (AvgIpc) is 2.84. The summed E-state index contributed by atoms with van der Waals surface area (Å²) in [6.07, 6.45) is 0. The molecule has 1 aromatic carbocycles. The largest absolute Gasteiger partial charge is 0.361 e. The van der Waals surface area contributed by atoms with Gasteiger partial charge in [-0.2, -0.15) is 0 Å². The molecule has 0 fully saturated rings. The Labute approximate surface area is 90.1 Å². The van der Waals surface area contributed by atoms with Crippen LogP contribution >= 0.6 is 0 Å². The zero-order chi connectivity index (χ0) is 11.1. The number of rotatable bonds is 1. The molecule has 3 rings (SSSR count). The number of benzene rings is 1. The molecule has 0 radical (unpaired) electrons. The van der Waals surface area contributed by atoms with Crippen LogP contribution in [0.4, 0.5) is 4.39 Å². The predicted molar refractivity (Wildman–Crippen MR) is 56.3 cm³/mol. The van der Waals surface area contributed by atoms with Gasteiger partial charge in [0.2, 0.25) is 0 Å². The summed E-state index contributed by atoms with van der Waals surface area (Å²) in [5.41, 5.74) is 1.54. The number of fused-ring (bicyclic) bond motifs is 1. The minimum absolute atomic E-state index is 0.318. The van der Waals surface area contributed by atoms with Crippen molar-refractivity contribution in [3.8, 4) is 11.5 Å². The van der Waals surface area contributed by atoms with Crippen molar-refractivity contribution >= 4 is 11.0 Å². The van der Waals surface area contributed by atoms with E-state index in [0.29, 0.717) is 28.3 Å². The lowest BCUT2D eigenvalue weighted by Crippen LogP contribution is -1.78. The van der Waals surface area contributed by atoms with E-state index < -0.39 is 0 Å². The Balaban J connectivity index is 2.22. The van der Waals surface area contributed by atoms with Crippen LogP contribution in [0.2, 0.25) is 0 Å². The zero-order valence-corrected chi connectivity index (χ0v) is 8.49. The molecule has 0 unspecified atom stereocenters. The van der Waals surface area contributed by atoms with Gasteiger partial charge in [0.15, 0.2) is 11.6 Å². The van der Waals surface area contributed by atoms with Crippen molar-refractivity contribution in [2.24, 2.45) is 0 Å². The van der Waals surface area contributed by atoms with Crippen LogP contribution in [-0.4, -0.2) is 15.1 Å². The first-order chi connectivity index (χ1) is 7.74. The molecule has 0 atom stereocenters. The minimum atomic E-state index is -0.347. The third-order valence-corrected chi connectivity index (χ3v) is 2.33. The van der Waals surface area contributed by atoms with E-state index in [4.69, 9.17) is 4.52 Å². The third-order valence-electron chi connectivity index (χ3n) is 2.33. The smallest absolute Gasteiger partial charge is 0.160 e. The van der Waals surface area contributed by atoms with Crippen LogP contribution in [0.3, 0.4) is 0 Å². The number of nitrogens with zero attached hydrogens (tertiary/aromatic N) is 2. The number of hydrogen-bond acceptors (Lipinski definition) is 3. The lowest BCUT2D eigenvalue weighted by Gasteiger charge is -1.86. The highest BCUT2D eigenvalue weighted by atomic mass is 19.1.